The maximum atomic E-state index is 12.2. The Bertz CT molecular complexity index is 1950. The first-order valence-electron chi connectivity index (χ1n) is 25.8. The van der Waals surface area contributed by atoms with E-state index in [0.29, 0.717) is 0 Å². The molecule has 0 aromatic heterocycles. The van der Waals surface area contributed by atoms with Crippen LogP contribution in [0.3, 0.4) is 0 Å². The number of aliphatic hydroxyl groups is 21. The van der Waals surface area contributed by atoms with Crippen LogP contribution in [0.2, 0.25) is 0 Å². The number of hydrogen-bond donors (Lipinski definition) is 21. The van der Waals surface area contributed by atoms with Crippen LogP contribution in [0.25, 0.3) is 0 Å². The second-order valence-corrected chi connectivity index (χ2v) is 21.4. The third-order valence-electron chi connectivity index (χ3n) is 16.0. The summed E-state index contributed by atoms with van der Waals surface area (Å²) in [6.45, 7) is -3.29. The van der Waals surface area contributed by atoms with Gasteiger partial charge in [0.2, 0.25) is 0 Å². The van der Waals surface area contributed by atoms with Crippen molar-refractivity contribution in [3.05, 3.63) is 0 Å². The van der Waals surface area contributed by atoms with Gasteiger partial charge in [0.1, 0.15) is 170 Å². The molecule has 21 fully saturated rings. The minimum absolute atomic E-state index is 0.942. The zero-order chi connectivity index (χ0) is 58.8. The molecule has 21 aliphatic heterocycles. The van der Waals surface area contributed by atoms with E-state index in [0.717, 1.165) is 20.8 Å². The Balaban J connectivity index is 1.11. The Morgan fingerprint density at radius 1 is 0.300 bits per heavy atom. The molecule has 0 radical (unpaired) electrons. The zero-order valence-corrected chi connectivity index (χ0v) is 43.0. The standard InChI is InChI=1S/C45H76O35/c1-10(52)29-36-44(2,65)45(3,66)43(78-29)79-35-16(9-51)71-41(27(63)22(35)58)76-33-14(7-49)69-39(25(61)20(33)56)74-31-12(5-47)67-37(23(59)18(31)54)73-30-11(4-46)68-38(24(60)17(30)53)75-32-13(6-48)70-40(26(62)19(32)55)77-34-15(8-50)72-42(80-36)28(64)21(34)57/h10-43,46-66H,4-9H2,1-3H3/t10?,11-,12-,13-,14-,15-,16-,17-,18-,19-,20-,21-,22-,23-,24-,25-,26-,27-,28-,29-,30-,31-,32-,33-,34-,35-,36-,37-,38-,39-,40-,41-,42-,43-,44+,45+/m1/s1. The maximum absolute atomic E-state index is 12.2. The molecule has 35 nitrogen and oxygen atoms in total. The van der Waals surface area contributed by atoms with E-state index in [9.17, 15) is 107 Å². The summed E-state index contributed by atoms with van der Waals surface area (Å²) in [7, 11) is 0. The molecule has 1 unspecified atom stereocenters. The lowest BCUT2D eigenvalue weighted by atomic mass is 9.75. The number of rotatable bonds is 7. The SMILES string of the molecule is CC(O)[C@H]1O[C@@H]2O[C@H]3[C@H](O)[C@@H](O)[C@@H](O[C@H]4[C@H](O)[C@@H](O)[C@@H](O[C@H]5[C@H](O)[C@@H](O)[C@@H](O[C@H]6[C@H](O)[C@@H](O)[C@@H](O[C@H]7[C@H](O)[C@@H](O)[C@@H](O[C@H]8[C@H](O)[C@@H](O)[C@@H](O[C@H]1[C@](C)(O)[C@@]2(C)O)O[C@@H]8CO)O[C@@H]7CO)O[C@@H]6CO)O[C@@H]5CO)O[C@@H]4CO)O[C@@H]3CO. The quantitative estimate of drug-likeness (QED) is 0.113. The molecule has 35 heteroatoms. The number of ether oxygens (including phenoxy) is 14. The zero-order valence-electron chi connectivity index (χ0n) is 43.0. The van der Waals surface area contributed by atoms with Crippen LogP contribution in [0.15, 0.2) is 0 Å². The van der Waals surface area contributed by atoms with Gasteiger partial charge in [0.05, 0.1) is 45.7 Å². The second kappa shape index (κ2) is 25.9. The van der Waals surface area contributed by atoms with Crippen molar-refractivity contribution < 1.29 is 174 Å². The summed E-state index contributed by atoms with van der Waals surface area (Å²) in [6.07, 6.45) is -68.3. The Hall–Kier alpha value is -1.40. The van der Waals surface area contributed by atoms with Crippen molar-refractivity contribution in [2.24, 2.45) is 0 Å². The van der Waals surface area contributed by atoms with Gasteiger partial charge in [-0.2, -0.15) is 0 Å². The average Bonchev–Trinajstić information content (AvgIpc) is 3.62. The molecule has 21 N–H and O–H groups in total. The lowest BCUT2D eigenvalue weighted by molar-refractivity contribution is -0.424. The van der Waals surface area contributed by atoms with Gasteiger partial charge in [-0.15, -0.1) is 0 Å². The molecule has 36 atom stereocenters. The van der Waals surface area contributed by atoms with Crippen LogP contribution >= 0.6 is 0 Å². The first kappa shape index (κ1) is 64.6. The molecule has 0 spiro atoms. The van der Waals surface area contributed by atoms with E-state index in [1.54, 1.807) is 0 Å². The van der Waals surface area contributed by atoms with Crippen LogP contribution < -0.4 is 0 Å². The van der Waals surface area contributed by atoms with Gasteiger partial charge in [-0.05, 0) is 20.8 Å². The van der Waals surface area contributed by atoms with Gasteiger partial charge < -0.3 is 174 Å². The maximum Gasteiger partial charge on any atom is 0.190 e. The van der Waals surface area contributed by atoms with E-state index >= 15 is 0 Å². The van der Waals surface area contributed by atoms with E-state index in [1.165, 1.54) is 0 Å². The normalized spacial score (nSPS) is 56.0. The van der Waals surface area contributed by atoms with Crippen LogP contribution in [-0.4, -0.2) is 367 Å². The Labute approximate surface area is 453 Å². The molecular formula is C45H76O35. The summed E-state index contributed by atoms with van der Waals surface area (Å²) in [5.74, 6) is 0. The average molecular weight is 1180 g/mol. The van der Waals surface area contributed by atoms with Gasteiger partial charge in [0, 0.05) is 0 Å². The highest BCUT2D eigenvalue weighted by Gasteiger charge is 2.66. The smallest absolute Gasteiger partial charge is 0.190 e. The van der Waals surface area contributed by atoms with Gasteiger partial charge in [0.15, 0.2) is 44.0 Å². The third-order valence-corrected chi connectivity index (χ3v) is 16.0. The number of aliphatic hydroxyl groups excluding tert-OH is 19. The molecule has 0 aromatic carbocycles. The van der Waals surface area contributed by atoms with E-state index < -0.39 is 260 Å². The molecule has 0 amide bonds. The fourth-order valence-electron chi connectivity index (χ4n) is 11.0. The van der Waals surface area contributed by atoms with Crippen molar-refractivity contribution in [3.8, 4) is 0 Å². The molecule has 14 bridgehead atoms. The van der Waals surface area contributed by atoms with E-state index in [-0.39, 0.29) is 0 Å². The highest BCUT2D eigenvalue weighted by atomic mass is 16.8. The molecule has 0 aliphatic carbocycles. The predicted molar refractivity (Wildman–Crippen MR) is 242 cm³/mol. The molecule has 21 aliphatic rings. The third kappa shape index (κ3) is 11.9. The number of hydrogen-bond acceptors (Lipinski definition) is 35. The molecule has 0 saturated carbocycles. The highest BCUT2D eigenvalue weighted by molar-refractivity contribution is 5.11. The van der Waals surface area contributed by atoms with Crippen molar-refractivity contribution in [2.75, 3.05) is 39.6 Å². The van der Waals surface area contributed by atoms with Gasteiger partial charge in [-0.3, -0.25) is 0 Å². The molecule has 466 valence electrons. The van der Waals surface area contributed by atoms with E-state index in [4.69, 9.17) is 66.3 Å². The monoisotopic (exact) mass is 1180 g/mol. The lowest BCUT2D eigenvalue weighted by Crippen LogP contribution is -2.76. The van der Waals surface area contributed by atoms with Crippen molar-refractivity contribution in [3.63, 3.8) is 0 Å². The van der Waals surface area contributed by atoms with Gasteiger partial charge in [0.25, 0.3) is 0 Å². The summed E-state index contributed by atoms with van der Waals surface area (Å²) >= 11 is 0. The van der Waals surface area contributed by atoms with Crippen molar-refractivity contribution in [1.82, 2.24) is 0 Å². The largest absolute Gasteiger partial charge is 0.394 e. The predicted octanol–water partition coefficient (Wildman–Crippen LogP) is -14.1. The van der Waals surface area contributed by atoms with Crippen molar-refractivity contribution >= 4 is 0 Å². The molecule has 21 heterocycles. The van der Waals surface area contributed by atoms with Gasteiger partial charge in [-0.25, -0.2) is 0 Å². The molecule has 0 aromatic rings. The Morgan fingerprint density at radius 3 is 0.725 bits per heavy atom. The highest BCUT2D eigenvalue weighted by Crippen LogP contribution is 2.45. The molecule has 21 rings (SSSR count). The molecular weight excluding hydrogens is 1100 g/mol. The summed E-state index contributed by atoms with van der Waals surface area (Å²) in [4.78, 5) is 0. The van der Waals surface area contributed by atoms with Gasteiger partial charge in [-0.1, -0.05) is 0 Å². The first-order chi connectivity index (χ1) is 37.7. The van der Waals surface area contributed by atoms with Crippen LogP contribution in [-0.2, 0) is 66.3 Å². The van der Waals surface area contributed by atoms with Gasteiger partial charge >= 0.3 is 0 Å². The van der Waals surface area contributed by atoms with E-state index in [1.807, 2.05) is 0 Å². The van der Waals surface area contributed by atoms with Crippen molar-refractivity contribution in [2.45, 2.75) is 241 Å². The van der Waals surface area contributed by atoms with E-state index in [2.05, 4.69) is 0 Å². The van der Waals surface area contributed by atoms with Crippen LogP contribution in [0, 0.1) is 0 Å². The minimum atomic E-state index is -2.74. The summed E-state index contributed by atoms with van der Waals surface area (Å²) < 4.78 is 80.6. The summed E-state index contributed by atoms with van der Waals surface area (Å²) in [6, 6.07) is 0. The summed E-state index contributed by atoms with van der Waals surface area (Å²) in [5.41, 5.74) is -5.44. The Morgan fingerprint density at radius 2 is 0.512 bits per heavy atom. The molecule has 21 saturated heterocycles. The Kier molecular flexibility index (Phi) is 20.9. The lowest BCUT2D eigenvalue weighted by Gasteiger charge is -2.56. The fourth-order valence-corrected chi connectivity index (χ4v) is 11.0. The molecule has 80 heavy (non-hydrogen) atoms. The van der Waals surface area contributed by atoms with Crippen LogP contribution in [0.5, 0.6) is 0 Å². The first-order valence-corrected chi connectivity index (χ1v) is 25.8. The van der Waals surface area contributed by atoms with Crippen LogP contribution in [0.1, 0.15) is 20.8 Å². The second-order valence-electron chi connectivity index (χ2n) is 21.4. The van der Waals surface area contributed by atoms with Crippen LogP contribution in [0.4, 0.5) is 0 Å². The summed E-state index contributed by atoms with van der Waals surface area (Å²) in [5, 5.41) is 234. The minimum Gasteiger partial charge on any atom is -0.394 e. The topological polar surface area (TPSA) is 554 Å². The fraction of sp³-hybridized carbons (Fsp3) is 1.00. The van der Waals surface area contributed by atoms with Crippen molar-refractivity contribution in [1.29, 1.82) is 0 Å².